The van der Waals surface area contributed by atoms with Crippen molar-refractivity contribution in [1.29, 1.82) is 0 Å². The topological polar surface area (TPSA) is 94.1 Å². The number of hydrogen-bond acceptors (Lipinski definition) is 6. The molecule has 34 heavy (non-hydrogen) atoms. The minimum absolute atomic E-state index is 0.0259. The molecule has 0 aliphatic carbocycles. The molecule has 0 radical (unpaired) electrons. The molecule has 1 heterocycles. The van der Waals surface area contributed by atoms with Gasteiger partial charge < -0.3 is 24.6 Å². The van der Waals surface area contributed by atoms with Crippen molar-refractivity contribution >= 4 is 11.9 Å². The van der Waals surface area contributed by atoms with Crippen LogP contribution >= 0.6 is 0 Å². The lowest BCUT2D eigenvalue weighted by molar-refractivity contribution is -0.166. The summed E-state index contributed by atoms with van der Waals surface area (Å²) in [4.78, 5) is 24.7. The predicted molar refractivity (Wildman–Crippen MR) is 123 cm³/mol. The van der Waals surface area contributed by atoms with E-state index in [9.17, 15) is 19.1 Å². The lowest BCUT2D eigenvalue weighted by atomic mass is 9.80. The van der Waals surface area contributed by atoms with Crippen molar-refractivity contribution in [2.24, 2.45) is 5.92 Å². The summed E-state index contributed by atoms with van der Waals surface area (Å²) in [5.41, 5.74) is 2.06. The Hall–Kier alpha value is -3.23. The van der Waals surface area contributed by atoms with E-state index in [1.165, 1.54) is 19.2 Å². The molecular weight excluding hydrogens is 441 g/mol. The molecule has 1 amide bonds. The zero-order valence-corrected chi connectivity index (χ0v) is 19.3. The van der Waals surface area contributed by atoms with E-state index >= 15 is 0 Å². The normalized spacial score (nSPS) is 19.6. The second kappa shape index (κ2) is 12.3. The van der Waals surface area contributed by atoms with Crippen LogP contribution in [0.2, 0.25) is 0 Å². The first-order valence-corrected chi connectivity index (χ1v) is 11.3. The molecule has 8 heteroatoms. The fourth-order valence-electron chi connectivity index (χ4n) is 3.98. The molecule has 182 valence electrons. The highest BCUT2D eigenvalue weighted by Crippen LogP contribution is 2.39. The van der Waals surface area contributed by atoms with Gasteiger partial charge in [-0.1, -0.05) is 24.3 Å². The van der Waals surface area contributed by atoms with Crippen LogP contribution in [-0.4, -0.2) is 43.6 Å². The SMILES string of the molecule is CCO[C@@H]1OC(C(=O)NCc2ccc(F)cc2)=C[C@H](c2ccc(C(=O)OC)cc2)[C@H]1CCCO. The van der Waals surface area contributed by atoms with Gasteiger partial charge in [-0.2, -0.15) is 0 Å². The standard InChI is InChI=1S/C26H30FNO6/c1-3-33-26-21(5-4-14-29)22(18-8-10-19(11-9-18)25(31)32-2)15-23(34-26)24(30)28-16-17-6-12-20(27)13-7-17/h6-13,15,21-22,26,29H,3-5,14,16H2,1-2H3,(H,28,30)/t21-,22-,26-/m1/s1. The Kier molecular flexibility index (Phi) is 9.18. The monoisotopic (exact) mass is 471 g/mol. The highest BCUT2D eigenvalue weighted by molar-refractivity contribution is 5.92. The van der Waals surface area contributed by atoms with Crippen molar-refractivity contribution < 1.29 is 33.3 Å². The Balaban J connectivity index is 1.87. The number of aliphatic hydroxyl groups is 1. The lowest BCUT2D eigenvalue weighted by Gasteiger charge is -2.37. The molecule has 0 saturated heterocycles. The van der Waals surface area contributed by atoms with Gasteiger partial charge in [-0.05, 0) is 61.2 Å². The maximum Gasteiger partial charge on any atom is 0.337 e. The zero-order chi connectivity index (χ0) is 24.5. The minimum Gasteiger partial charge on any atom is -0.465 e. The molecule has 2 aromatic carbocycles. The number of halogens is 1. The predicted octanol–water partition coefficient (Wildman–Crippen LogP) is 3.68. The van der Waals surface area contributed by atoms with Gasteiger partial charge in [0.05, 0.1) is 12.7 Å². The van der Waals surface area contributed by atoms with Gasteiger partial charge >= 0.3 is 5.97 Å². The summed E-state index contributed by atoms with van der Waals surface area (Å²) >= 11 is 0. The third-order valence-corrected chi connectivity index (χ3v) is 5.72. The van der Waals surface area contributed by atoms with Gasteiger partial charge in [0, 0.05) is 31.6 Å². The van der Waals surface area contributed by atoms with E-state index in [0.29, 0.717) is 25.0 Å². The van der Waals surface area contributed by atoms with E-state index in [-0.39, 0.29) is 36.6 Å². The van der Waals surface area contributed by atoms with Crippen molar-refractivity contribution in [3.05, 3.63) is 82.9 Å². The van der Waals surface area contributed by atoms with Crippen molar-refractivity contribution in [2.45, 2.75) is 38.5 Å². The first-order chi connectivity index (χ1) is 16.5. The molecule has 2 aromatic rings. The molecule has 3 atom stereocenters. The number of nitrogens with one attached hydrogen (secondary N) is 1. The largest absolute Gasteiger partial charge is 0.465 e. The summed E-state index contributed by atoms with van der Waals surface area (Å²) < 4.78 is 29.7. The van der Waals surface area contributed by atoms with Gasteiger partial charge in [0.1, 0.15) is 5.82 Å². The average Bonchev–Trinajstić information content (AvgIpc) is 2.86. The Bertz CT molecular complexity index is 989. The van der Waals surface area contributed by atoms with Gasteiger partial charge in [0.25, 0.3) is 5.91 Å². The molecule has 0 fully saturated rings. The van der Waals surface area contributed by atoms with Gasteiger partial charge in [-0.3, -0.25) is 4.79 Å². The molecule has 3 rings (SSSR count). The zero-order valence-electron chi connectivity index (χ0n) is 19.3. The summed E-state index contributed by atoms with van der Waals surface area (Å²) in [6.45, 7) is 2.47. The average molecular weight is 472 g/mol. The minimum atomic E-state index is -0.682. The van der Waals surface area contributed by atoms with E-state index in [1.807, 2.05) is 19.1 Å². The van der Waals surface area contributed by atoms with Crippen molar-refractivity contribution in [2.75, 3.05) is 20.3 Å². The van der Waals surface area contributed by atoms with Crippen LogP contribution in [-0.2, 0) is 25.5 Å². The van der Waals surface area contributed by atoms with Crippen LogP contribution in [0, 0.1) is 11.7 Å². The van der Waals surface area contributed by atoms with E-state index < -0.39 is 18.2 Å². The van der Waals surface area contributed by atoms with Crippen LogP contribution in [0.4, 0.5) is 4.39 Å². The summed E-state index contributed by atoms with van der Waals surface area (Å²) in [6.07, 6.45) is 2.24. The molecule has 0 bridgehead atoms. The lowest BCUT2D eigenvalue weighted by Crippen LogP contribution is -2.39. The fourth-order valence-corrected chi connectivity index (χ4v) is 3.98. The van der Waals surface area contributed by atoms with Crippen LogP contribution in [0.25, 0.3) is 0 Å². The number of allylic oxidation sites excluding steroid dienone is 1. The molecule has 0 spiro atoms. The molecule has 1 aliphatic rings. The summed E-state index contributed by atoms with van der Waals surface area (Å²) in [6, 6.07) is 12.9. The highest BCUT2D eigenvalue weighted by atomic mass is 19.1. The number of methoxy groups -OCH3 is 1. The number of esters is 1. The number of hydrogen-bond donors (Lipinski definition) is 2. The highest BCUT2D eigenvalue weighted by Gasteiger charge is 2.37. The van der Waals surface area contributed by atoms with E-state index in [4.69, 9.17) is 14.2 Å². The number of carbonyl (C=O) groups excluding carboxylic acids is 2. The molecule has 0 unspecified atom stereocenters. The van der Waals surface area contributed by atoms with Gasteiger partial charge in [0.2, 0.25) is 6.29 Å². The molecule has 1 aliphatic heterocycles. The molecule has 2 N–H and O–H groups in total. The van der Waals surface area contributed by atoms with Crippen molar-refractivity contribution in [3.8, 4) is 0 Å². The Labute approximate surface area is 198 Å². The number of rotatable bonds is 10. The molecule has 0 aromatic heterocycles. The summed E-state index contributed by atoms with van der Waals surface area (Å²) in [5, 5.41) is 12.2. The number of aliphatic hydroxyl groups excluding tert-OH is 1. The van der Waals surface area contributed by atoms with Gasteiger partial charge in [-0.25, -0.2) is 9.18 Å². The van der Waals surface area contributed by atoms with E-state index in [2.05, 4.69) is 5.32 Å². The van der Waals surface area contributed by atoms with Crippen LogP contribution in [0.15, 0.2) is 60.4 Å². The third-order valence-electron chi connectivity index (χ3n) is 5.72. The van der Waals surface area contributed by atoms with E-state index in [0.717, 1.165) is 11.1 Å². The molecular formula is C26H30FNO6. The Morgan fingerprint density at radius 1 is 1.12 bits per heavy atom. The van der Waals surface area contributed by atoms with Crippen LogP contribution < -0.4 is 5.32 Å². The quantitative estimate of drug-likeness (QED) is 0.514. The van der Waals surface area contributed by atoms with Crippen LogP contribution in [0.1, 0.15) is 47.2 Å². The number of benzene rings is 2. The smallest absolute Gasteiger partial charge is 0.337 e. The maximum absolute atomic E-state index is 13.1. The van der Waals surface area contributed by atoms with Crippen LogP contribution in [0.3, 0.4) is 0 Å². The maximum atomic E-state index is 13.1. The Morgan fingerprint density at radius 3 is 2.44 bits per heavy atom. The first kappa shape index (κ1) is 25.4. The second-order valence-corrected chi connectivity index (χ2v) is 7.95. The molecule has 7 nitrogen and oxygen atoms in total. The molecule has 0 saturated carbocycles. The van der Waals surface area contributed by atoms with Gasteiger partial charge in [-0.15, -0.1) is 0 Å². The first-order valence-electron chi connectivity index (χ1n) is 11.3. The Morgan fingerprint density at radius 2 is 1.82 bits per heavy atom. The number of amides is 1. The third kappa shape index (κ3) is 6.42. The fraction of sp³-hybridized carbons (Fsp3) is 0.385. The van der Waals surface area contributed by atoms with E-state index in [1.54, 1.807) is 30.3 Å². The van der Waals surface area contributed by atoms with Crippen molar-refractivity contribution in [1.82, 2.24) is 5.32 Å². The van der Waals surface area contributed by atoms with Gasteiger partial charge in [0.15, 0.2) is 5.76 Å². The van der Waals surface area contributed by atoms with Crippen LogP contribution in [0.5, 0.6) is 0 Å². The number of carbonyl (C=O) groups is 2. The summed E-state index contributed by atoms with van der Waals surface area (Å²) in [5.74, 6) is -1.45. The van der Waals surface area contributed by atoms with Crippen molar-refractivity contribution in [3.63, 3.8) is 0 Å². The second-order valence-electron chi connectivity index (χ2n) is 7.95. The number of ether oxygens (including phenoxy) is 3. The summed E-state index contributed by atoms with van der Waals surface area (Å²) in [7, 11) is 1.33.